The summed E-state index contributed by atoms with van der Waals surface area (Å²) in [6, 6.07) is 1.93. The van der Waals surface area contributed by atoms with Crippen molar-refractivity contribution in [3.8, 4) is 5.75 Å². The van der Waals surface area contributed by atoms with Crippen LogP contribution in [0.15, 0.2) is 15.5 Å². The molecule has 0 aliphatic carbocycles. The second-order valence-electron chi connectivity index (χ2n) is 3.68. The number of halogens is 2. The Labute approximate surface area is 114 Å². The Hall–Kier alpha value is -0.940. The predicted octanol–water partition coefficient (Wildman–Crippen LogP) is 2.79. The van der Waals surface area contributed by atoms with Gasteiger partial charge in [0, 0.05) is 6.54 Å². The summed E-state index contributed by atoms with van der Waals surface area (Å²) in [6.07, 6.45) is 0. The van der Waals surface area contributed by atoms with Crippen molar-refractivity contribution in [2.45, 2.75) is 6.92 Å². The normalized spacial score (nSPS) is 14.2. The molecule has 1 aromatic rings. The first kappa shape index (κ1) is 12.5. The van der Waals surface area contributed by atoms with Crippen molar-refractivity contribution in [3.63, 3.8) is 0 Å². The van der Waals surface area contributed by atoms with E-state index in [1.54, 1.807) is 7.11 Å². The third-order valence-corrected chi connectivity index (χ3v) is 3.55. The van der Waals surface area contributed by atoms with Gasteiger partial charge in [0.2, 0.25) is 0 Å². The number of methoxy groups -OCH3 is 1. The number of hydrogen-bond donors (Lipinski definition) is 2. The van der Waals surface area contributed by atoms with E-state index in [1.807, 2.05) is 13.0 Å². The van der Waals surface area contributed by atoms with Gasteiger partial charge in [-0.25, -0.2) is 0 Å². The van der Waals surface area contributed by atoms with E-state index >= 15 is 0 Å². The van der Waals surface area contributed by atoms with Crippen molar-refractivity contribution < 1.29 is 4.74 Å². The lowest BCUT2D eigenvalue weighted by Crippen LogP contribution is -2.26. The Bertz CT molecular complexity index is 476. The van der Waals surface area contributed by atoms with Crippen LogP contribution in [0.4, 0.5) is 5.69 Å². The maximum absolute atomic E-state index is 6.28. The summed E-state index contributed by atoms with van der Waals surface area (Å²) in [4.78, 5) is 4.27. The molecule has 1 heterocycles. The molecule has 1 aliphatic heterocycles. The number of ether oxygens (including phenoxy) is 1. The van der Waals surface area contributed by atoms with E-state index in [0.717, 1.165) is 34.8 Å². The molecule has 92 valence electrons. The number of benzene rings is 1. The van der Waals surface area contributed by atoms with E-state index < -0.39 is 0 Å². The van der Waals surface area contributed by atoms with Crippen molar-refractivity contribution in [1.29, 1.82) is 0 Å². The molecule has 0 spiro atoms. The SMILES string of the molecule is COc1c(Br)cc(C)c(Cl)c1NC1=NCCN1. The zero-order valence-electron chi connectivity index (χ0n) is 9.60. The van der Waals surface area contributed by atoms with Crippen LogP contribution in [-0.4, -0.2) is 26.2 Å². The summed E-state index contributed by atoms with van der Waals surface area (Å²) in [7, 11) is 1.61. The van der Waals surface area contributed by atoms with Crippen LogP contribution >= 0.6 is 27.5 Å². The number of nitrogens with one attached hydrogen (secondary N) is 2. The predicted molar refractivity (Wildman–Crippen MR) is 74.4 cm³/mol. The lowest BCUT2D eigenvalue weighted by atomic mass is 10.2. The van der Waals surface area contributed by atoms with Crippen LogP contribution in [0.5, 0.6) is 5.75 Å². The molecule has 6 heteroatoms. The van der Waals surface area contributed by atoms with Crippen molar-refractivity contribution in [1.82, 2.24) is 5.32 Å². The monoisotopic (exact) mass is 317 g/mol. The van der Waals surface area contributed by atoms with Gasteiger partial charge in [-0.15, -0.1) is 0 Å². The van der Waals surface area contributed by atoms with Gasteiger partial charge < -0.3 is 15.4 Å². The van der Waals surface area contributed by atoms with Gasteiger partial charge in [0.25, 0.3) is 0 Å². The fourth-order valence-electron chi connectivity index (χ4n) is 1.65. The third kappa shape index (κ3) is 2.50. The van der Waals surface area contributed by atoms with Crippen LogP contribution in [-0.2, 0) is 0 Å². The van der Waals surface area contributed by atoms with E-state index in [1.165, 1.54) is 0 Å². The Morgan fingerprint density at radius 2 is 2.35 bits per heavy atom. The molecule has 0 saturated heterocycles. The molecule has 2 N–H and O–H groups in total. The van der Waals surface area contributed by atoms with Gasteiger partial charge in [-0.1, -0.05) is 11.6 Å². The first-order valence-corrected chi connectivity index (χ1v) is 6.38. The van der Waals surface area contributed by atoms with Gasteiger partial charge in [-0.3, -0.25) is 4.99 Å². The molecule has 0 bridgehead atoms. The molecule has 4 nitrogen and oxygen atoms in total. The summed E-state index contributed by atoms with van der Waals surface area (Å²) >= 11 is 9.74. The molecule has 2 rings (SSSR count). The Balaban J connectivity index is 2.42. The van der Waals surface area contributed by atoms with Gasteiger partial charge in [0.05, 0.1) is 23.1 Å². The van der Waals surface area contributed by atoms with Crippen molar-refractivity contribution in [2.24, 2.45) is 4.99 Å². The average Bonchev–Trinajstić information content (AvgIpc) is 2.78. The molecule has 1 aliphatic rings. The molecule has 0 saturated carbocycles. The topological polar surface area (TPSA) is 45.6 Å². The highest BCUT2D eigenvalue weighted by Crippen LogP contribution is 2.40. The highest BCUT2D eigenvalue weighted by Gasteiger charge is 2.17. The van der Waals surface area contributed by atoms with Crippen LogP contribution < -0.4 is 15.4 Å². The molecule has 0 unspecified atom stereocenters. The molecule has 17 heavy (non-hydrogen) atoms. The number of hydrogen-bond acceptors (Lipinski definition) is 4. The number of guanidine groups is 1. The van der Waals surface area contributed by atoms with Gasteiger partial charge in [0.1, 0.15) is 5.69 Å². The maximum atomic E-state index is 6.28. The summed E-state index contributed by atoms with van der Waals surface area (Å²) < 4.78 is 6.21. The summed E-state index contributed by atoms with van der Waals surface area (Å²) in [5.41, 5.74) is 1.70. The van der Waals surface area contributed by atoms with Crippen molar-refractivity contribution >= 4 is 39.2 Å². The first-order valence-electron chi connectivity index (χ1n) is 5.21. The first-order chi connectivity index (χ1) is 8.13. The number of rotatable bonds is 2. The molecular weight excluding hydrogens is 305 g/mol. The van der Waals surface area contributed by atoms with E-state index in [4.69, 9.17) is 16.3 Å². The van der Waals surface area contributed by atoms with Crippen molar-refractivity contribution in [2.75, 3.05) is 25.5 Å². The van der Waals surface area contributed by atoms with Gasteiger partial charge in [0.15, 0.2) is 11.7 Å². The average molecular weight is 319 g/mol. The lowest BCUT2D eigenvalue weighted by molar-refractivity contribution is 0.414. The molecule has 0 fully saturated rings. The largest absolute Gasteiger partial charge is 0.493 e. The molecule has 1 aromatic carbocycles. The van der Waals surface area contributed by atoms with E-state index in [2.05, 4.69) is 31.6 Å². The standard InChI is InChI=1S/C11H13BrClN3O/c1-6-5-7(12)10(17-2)9(8(6)13)16-11-14-3-4-15-11/h5H,3-4H2,1-2H3,(H2,14,15,16). The Kier molecular flexibility index (Phi) is 3.79. The lowest BCUT2D eigenvalue weighted by Gasteiger charge is -2.16. The maximum Gasteiger partial charge on any atom is 0.196 e. The Morgan fingerprint density at radius 3 is 2.94 bits per heavy atom. The van der Waals surface area contributed by atoms with E-state index in [-0.39, 0.29) is 0 Å². The fourth-order valence-corrected chi connectivity index (χ4v) is 2.54. The second kappa shape index (κ2) is 5.14. The summed E-state index contributed by atoms with van der Waals surface area (Å²) in [5, 5.41) is 6.93. The van der Waals surface area contributed by atoms with Crippen LogP contribution in [0.2, 0.25) is 5.02 Å². The molecule has 0 radical (unpaired) electrons. The fraction of sp³-hybridized carbons (Fsp3) is 0.364. The molecular formula is C11H13BrClN3O. The zero-order chi connectivity index (χ0) is 12.4. The number of anilines is 1. The number of aliphatic imine (C=N–C) groups is 1. The van der Waals surface area contributed by atoms with Crippen LogP contribution in [0.25, 0.3) is 0 Å². The summed E-state index contributed by atoms with van der Waals surface area (Å²) in [5.74, 6) is 1.40. The van der Waals surface area contributed by atoms with E-state index in [0.29, 0.717) is 10.8 Å². The van der Waals surface area contributed by atoms with Gasteiger partial charge in [-0.2, -0.15) is 0 Å². The third-order valence-electron chi connectivity index (χ3n) is 2.47. The van der Waals surface area contributed by atoms with E-state index in [9.17, 15) is 0 Å². The molecule has 0 atom stereocenters. The minimum absolute atomic E-state index is 0.640. The summed E-state index contributed by atoms with van der Waals surface area (Å²) in [6.45, 7) is 3.56. The van der Waals surface area contributed by atoms with Gasteiger partial charge in [-0.05, 0) is 34.5 Å². The highest BCUT2D eigenvalue weighted by atomic mass is 79.9. The molecule has 0 amide bonds. The van der Waals surface area contributed by atoms with Crippen LogP contribution in [0.3, 0.4) is 0 Å². The minimum atomic E-state index is 0.640. The van der Waals surface area contributed by atoms with Crippen LogP contribution in [0.1, 0.15) is 5.56 Å². The minimum Gasteiger partial charge on any atom is -0.493 e. The van der Waals surface area contributed by atoms with Crippen LogP contribution in [0, 0.1) is 6.92 Å². The smallest absolute Gasteiger partial charge is 0.196 e. The quantitative estimate of drug-likeness (QED) is 0.881. The zero-order valence-corrected chi connectivity index (χ0v) is 11.9. The molecule has 0 aromatic heterocycles. The second-order valence-corrected chi connectivity index (χ2v) is 4.91. The highest BCUT2D eigenvalue weighted by molar-refractivity contribution is 9.10. The van der Waals surface area contributed by atoms with Crippen molar-refractivity contribution in [3.05, 3.63) is 21.1 Å². The Morgan fingerprint density at radius 1 is 1.59 bits per heavy atom. The number of nitrogens with zero attached hydrogens (tertiary/aromatic N) is 1. The van der Waals surface area contributed by atoms with Gasteiger partial charge >= 0.3 is 0 Å². The number of aryl methyl sites for hydroxylation is 1.